The summed E-state index contributed by atoms with van der Waals surface area (Å²) in [6, 6.07) is 4.26. The van der Waals surface area contributed by atoms with E-state index in [1.807, 2.05) is 13.0 Å². The van der Waals surface area contributed by atoms with Crippen molar-refractivity contribution in [2.24, 2.45) is 0 Å². The lowest BCUT2D eigenvalue weighted by molar-refractivity contribution is -0.136. The van der Waals surface area contributed by atoms with Crippen molar-refractivity contribution < 1.29 is 17.9 Å². The molecule has 0 amide bonds. The van der Waals surface area contributed by atoms with Crippen LogP contribution >= 0.6 is 0 Å². The largest absolute Gasteiger partial charge is 0.478 e. The van der Waals surface area contributed by atoms with Crippen molar-refractivity contribution >= 4 is 0 Å². The van der Waals surface area contributed by atoms with Gasteiger partial charge < -0.3 is 10.1 Å². The first-order valence-corrected chi connectivity index (χ1v) is 6.83. The average Bonchev–Trinajstić information content (AvgIpc) is 3.16. The van der Waals surface area contributed by atoms with Crippen molar-refractivity contribution in [2.75, 3.05) is 6.61 Å². The maximum atomic E-state index is 12.0. The molecule has 1 aromatic heterocycles. The molecule has 1 saturated carbocycles. The van der Waals surface area contributed by atoms with Crippen LogP contribution in [-0.4, -0.2) is 23.8 Å². The summed E-state index contributed by atoms with van der Waals surface area (Å²) < 4.78 is 41.2. The fourth-order valence-electron chi connectivity index (χ4n) is 1.83. The highest BCUT2D eigenvalue weighted by Gasteiger charge is 2.26. The fourth-order valence-corrected chi connectivity index (χ4v) is 1.83. The molecular formula is C14H19F3N2O. The molecule has 1 N–H and O–H groups in total. The monoisotopic (exact) mass is 288 g/mol. The molecule has 0 spiro atoms. The Hall–Kier alpha value is -1.30. The number of aryl methyl sites for hydroxylation is 1. The second-order valence-corrected chi connectivity index (χ2v) is 5.12. The topological polar surface area (TPSA) is 34.1 Å². The van der Waals surface area contributed by atoms with Gasteiger partial charge in [-0.25, -0.2) is 4.98 Å². The number of rotatable bonds is 7. The third-order valence-electron chi connectivity index (χ3n) is 3.18. The predicted molar refractivity (Wildman–Crippen MR) is 69.6 cm³/mol. The number of nitrogens with zero attached hydrogens (tertiary/aromatic N) is 1. The Balaban J connectivity index is 1.76. The smallest absolute Gasteiger partial charge is 0.389 e. The Labute approximate surface area is 116 Å². The summed E-state index contributed by atoms with van der Waals surface area (Å²) in [6.07, 6.45) is -2.53. The van der Waals surface area contributed by atoms with E-state index < -0.39 is 12.6 Å². The third-order valence-corrected chi connectivity index (χ3v) is 3.18. The summed E-state index contributed by atoms with van der Waals surface area (Å²) >= 11 is 0. The number of ether oxygens (including phenoxy) is 1. The Morgan fingerprint density at radius 1 is 1.35 bits per heavy atom. The standard InChI is InChI=1S/C14H19F3N2O/c1-10-11(9-18-12-4-5-12)3-6-13(19-10)20-8-2-7-14(15,16)17/h3,6,12,18H,2,4-5,7-9H2,1H3. The molecule has 112 valence electrons. The van der Waals surface area contributed by atoms with E-state index in [1.165, 1.54) is 12.8 Å². The quantitative estimate of drug-likeness (QED) is 0.781. The van der Waals surface area contributed by atoms with Gasteiger partial charge >= 0.3 is 6.18 Å². The Bertz CT molecular complexity index is 445. The number of hydrogen-bond donors (Lipinski definition) is 1. The molecule has 0 aliphatic heterocycles. The SMILES string of the molecule is Cc1nc(OCCCC(F)(F)F)ccc1CNC1CC1. The highest BCUT2D eigenvalue weighted by atomic mass is 19.4. The molecule has 1 aromatic rings. The minimum atomic E-state index is -4.12. The molecule has 0 radical (unpaired) electrons. The number of hydrogen-bond acceptors (Lipinski definition) is 3. The third kappa shape index (κ3) is 5.36. The summed E-state index contributed by atoms with van der Waals surface area (Å²) in [5, 5.41) is 3.40. The summed E-state index contributed by atoms with van der Waals surface area (Å²) in [5.74, 6) is 0.389. The van der Waals surface area contributed by atoms with E-state index in [1.54, 1.807) is 6.07 Å². The van der Waals surface area contributed by atoms with Crippen molar-refractivity contribution in [1.29, 1.82) is 0 Å². The van der Waals surface area contributed by atoms with Gasteiger partial charge in [-0.3, -0.25) is 0 Å². The molecule has 1 aliphatic carbocycles. The second kappa shape index (κ2) is 6.43. The van der Waals surface area contributed by atoms with Gasteiger partial charge in [0.15, 0.2) is 0 Å². The van der Waals surface area contributed by atoms with E-state index in [0.717, 1.165) is 17.8 Å². The van der Waals surface area contributed by atoms with Crippen molar-refractivity contribution in [1.82, 2.24) is 10.3 Å². The normalized spacial score (nSPS) is 15.4. The van der Waals surface area contributed by atoms with Crippen LogP contribution in [0.5, 0.6) is 5.88 Å². The molecule has 1 heterocycles. The van der Waals surface area contributed by atoms with Gasteiger partial charge in [0.1, 0.15) is 0 Å². The molecule has 0 unspecified atom stereocenters. The first-order chi connectivity index (χ1) is 9.44. The second-order valence-electron chi connectivity index (χ2n) is 5.12. The summed E-state index contributed by atoms with van der Waals surface area (Å²) in [4.78, 5) is 4.26. The van der Waals surface area contributed by atoms with Crippen LogP contribution < -0.4 is 10.1 Å². The fraction of sp³-hybridized carbons (Fsp3) is 0.643. The van der Waals surface area contributed by atoms with Gasteiger partial charge in [-0.15, -0.1) is 0 Å². The van der Waals surface area contributed by atoms with Crippen LogP contribution in [0.1, 0.15) is 36.9 Å². The lowest BCUT2D eigenvalue weighted by atomic mass is 10.2. The van der Waals surface area contributed by atoms with Gasteiger partial charge in [0.25, 0.3) is 0 Å². The molecule has 1 fully saturated rings. The van der Waals surface area contributed by atoms with Crippen molar-refractivity contribution in [2.45, 2.75) is 51.4 Å². The lowest BCUT2D eigenvalue weighted by Crippen LogP contribution is -2.16. The Morgan fingerprint density at radius 2 is 2.10 bits per heavy atom. The van der Waals surface area contributed by atoms with Crippen LogP contribution in [0.2, 0.25) is 0 Å². The zero-order valence-corrected chi connectivity index (χ0v) is 11.5. The van der Waals surface area contributed by atoms with E-state index in [2.05, 4.69) is 10.3 Å². The first-order valence-electron chi connectivity index (χ1n) is 6.83. The molecular weight excluding hydrogens is 269 g/mol. The van der Waals surface area contributed by atoms with E-state index in [4.69, 9.17) is 4.74 Å². The van der Waals surface area contributed by atoms with Gasteiger partial charge in [0, 0.05) is 30.8 Å². The van der Waals surface area contributed by atoms with E-state index >= 15 is 0 Å². The van der Waals surface area contributed by atoms with Crippen LogP contribution in [0, 0.1) is 6.92 Å². The number of alkyl halides is 3. The van der Waals surface area contributed by atoms with Crippen molar-refractivity contribution in [3.05, 3.63) is 23.4 Å². The highest BCUT2D eigenvalue weighted by molar-refractivity contribution is 5.25. The Kier molecular flexibility index (Phi) is 4.86. The molecule has 20 heavy (non-hydrogen) atoms. The van der Waals surface area contributed by atoms with Crippen LogP contribution in [0.3, 0.4) is 0 Å². The van der Waals surface area contributed by atoms with Gasteiger partial charge in [-0.05, 0) is 31.7 Å². The Morgan fingerprint density at radius 3 is 2.70 bits per heavy atom. The number of aromatic nitrogens is 1. The highest BCUT2D eigenvalue weighted by Crippen LogP contribution is 2.22. The maximum absolute atomic E-state index is 12.0. The number of pyridine rings is 1. The van der Waals surface area contributed by atoms with Gasteiger partial charge in [0.05, 0.1) is 6.61 Å². The van der Waals surface area contributed by atoms with E-state index in [-0.39, 0.29) is 13.0 Å². The van der Waals surface area contributed by atoms with Crippen LogP contribution in [-0.2, 0) is 6.54 Å². The number of nitrogens with one attached hydrogen (secondary N) is 1. The summed E-state index contributed by atoms with van der Waals surface area (Å²) in [7, 11) is 0. The molecule has 0 saturated heterocycles. The zero-order valence-electron chi connectivity index (χ0n) is 11.5. The maximum Gasteiger partial charge on any atom is 0.389 e. The molecule has 0 atom stereocenters. The molecule has 3 nitrogen and oxygen atoms in total. The first kappa shape index (κ1) is 15.1. The van der Waals surface area contributed by atoms with Crippen LogP contribution in [0.25, 0.3) is 0 Å². The van der Waals surface area contributed by atoms with Gasteiger partial charge in [-0.2, -0.15) is 13.2 Å². The molecule has 2 rings (SSSR count). The molecule has 0 bridgehead atoms. The summed E-state index contributed by atoms with van der Waals surface area (Å²) in [5.41, 5.74) is 1.95. The van der Waals surface area contributed by atoms with E-state index in [9.17, 15) is 13.2 Å². The summed E-state index contributed by atoms with van der Waals surface area (Å²) in [6.45, 7) is 2.69. The van der Waals surface area contributed by atoms with Crippen molar-refractivity contribution in [3.8, 4) is 5.88 Å². The van der Waals surface area contributed by atoms with Crippen molar-refractivity contribution in [3.63, 3.8) is 0 Å². The minimum absolute atomic E-state index is 0.0334. The van der Waals surface area contributed by atoms with Gasteiger partial charge in [0.2, 0.25) is 5.88 Å². The van der Waals surface area contributed by atoms with Crippen LogP contribution in [0.15, 0.2) is 12.1 Å². The van der Waals surface area contributed by atoms with Crippen LogP contribution in [0.4, 0.5) is 13.2 Å². The predicted octanol–water partition coefficient (Wildman–Crippen LogP) is 3.36. The number of halogens is 3. The minimum Gasteiger partial charge on any atom is -0.478 e. The molecule has 1 aliphatic rings. The molecule has 6 heteroatoms. The lowest BCUT2D eigenvalue weighted by Gasteiger charge is -2.10. The molecule has 0 aromatic carbocycles. The van der Waals surface area contributed by atoms with Gasteiger partial charge in [-0.1, -0.05) is 6.07 Å². The average molecular weight is 288 g/mol. The zero-order chi connectivity index (χ0) is 14.6. The van der Waals surface area contributed by atoms with E-state index in [0.29, 0.717) is 11.9 Å².